The highest BCUT2D eigenvalue weighted by Crippen LogP contribution is 2.15. The van der Waals surface area contributed by atoms with Crippen molar-refractivity contribution >= 4 is 35.1 Å². The third-order valence-electron chi connectivity index (χ3n) is 4.48. The molecule has 0 saturated carbocycles. The lowest BCUT2D eigenvalue weighted by molar-refractivity contribution is -0.125. The summed E-state index contributed by atoms with van der Waals surface area (Å²) in [5, 5.41) is 9.77. The van der Waals surface area contributed by atoms with Gasteiger partial charge >= 0.3 is 6.03 Å². The molecule has 2 aromatic carbocycles. The highest BCUT2D eigenvalue weighted by molar-refractivity contribution is 7.99. The zero-order valence-corrected chi connectivity index (χ0v) is 17.6. The smallest absolute Gasteiger partial charge is 0.321 e. The second-order valence-corrected chi connectivity index (χ2v) is 7.89. The molecule has 1 fully saturated rings. The zero-order chi connectivity index (χ0) is 21.0. The number of urea groups is 1. The fourth-order valence-electron chi connectivity index (χ4n) is 2.89. The molecular weight excluding hydrogens is 400 g/mol. The van der Waals surface area contributed by atoms with Gasteiger partial charge in [-0.2, -0.15) is 0 Å². The van der Waals surface area contributed by atoms with Crippen LogP contribution in [0.3, 0.4) is 0 Å². The zero-order valence-electron chi connectivity index (χ0n) is 16.8. The molecule has 0 aliphatic carbocycles. The third-order valence-corrected chi connectivity index (χ3v) is 5.49. The molecular formula is C22H26N4O3S. The number of hydrogen-bond donors (Lipinski definition) is 2. The number of carbonyl (C=O) groups is 2. The van der Waals surface area contributed by atoms with Crippen molar-refractivity contribution in [3.8, 4) is 0 Å². The summed E-state index contributed by atoms with van der Waals surface area (Å²) in [5.41, 5.74) is 1.64. The highest BCUT2D eigenvalue weighted by atomic mass is 32.2. The molecule has 3 rings (SSSR count). The molecule has 1 heterocycles. The van der Waals surface area contributed by atoms with E-state index in [0.29, 0.717) is 32.5 Å². The van der Waals surface area contributed by atoms with Crippen LogP contribution in [0.1, 0.15) is 12.8 Å². The van der Waals surface area contributed by atoms with Crippen molar-refractivity contribution in [2.45, 2.75) is 17.7 Å². The molecule has 1 aliphatic heterocycles. The molecule has 0 atom stereocenters. The first-order valence-corrected chi connectivity index (χ1v) is 10.9. The maximum Gasteiger partial charge on any atom is 0.321 e. The Morgan fingerprint density at radius 3 is 2.37 bits per heavy atom. The van der Waals surface area contributed by atoms with Crippen LogP contribution in [0.25, 0.3) is 0 Å². The van der Waals surface area contributed by atoms with E-state index in [1.54, 1.807) is 16.7 Å². The summed E-state index contributed by atoms with van der Waals surface area (Å²) in [7, 11) is 0. The molecule has 0 bridgehead atoms. The molecule has 1 saturated heterocycles. The van der Waals surface area contributed by atoms with Gasteiger partial charge in [-0.15, -0.1) is 11.8 Å². The molecule has 158 valence electrons. The lowest BCUT2D eigenvalue weighted by atomic mass is 10.1. The molecule has 0 spiro atoms. The van der Waals surface area contributed by atoms with E-state index >= 15 is 0 Å². The number of para-hydroxylation sites is 1. The summed E-state index contributed by atoms with van der Waals surface area (Å²) in [6.07, 6.45) is 1.27. The molecule has 30 heavy (non-hydrogen) atoms. The van der Waals surface area contributed by atoms with Crippen LogP contribution in [0.15, 0.2) is 70.7 Å². The second-order valence-electron chi connectivity index (χ2n) is 6.73. The van der Waals surface area contributed by atoms with Crippen LogP contribution in [-0.2, 0) is 9.63 Å². The van der Waals surface area contributed by atoms with Gasteiger partial charge in [0.1, 0.15) is 0 Å². The van der Waals surface area contributed by atoms with Crippen molar-refractivity contribution in [1.29, 1.82) is 0 Å². The number of oxime groups is 1. The van der Waals surface area contributed by atoms with E-state index in [-0.39, 0.29) is 18.5 Å². The van der Waals surface area contributed by atoms with E-state index < -0.39 is 0 Å². The van der Waals surface area contributed by atoms with Crippen molar-refractivity contribution in [1.82, 2.24) is 10.2 Å². The van der Waals surface area contributed by atoms with Crippen molar-refractivity contribution < 1.29 is 14.4 Å². The van der Waals surface area contributed by atoms with Gasteiger partial charge < -0.3 is 20.4 Å². The Kier molecular flexibility index (Phi) is 8.59. The molecule has 1 aliphatic rings. The Morgan fingerprint density at radius 2 is 1.67 bits per heavy atom. The second kappa shape index (κ2) is 11.9. The fourth-order valence-corrected chi connectivity index (χ4v) is 3.68. The number of anilines is 1. The normalized spacial score (nSPS) is 13.5. The number of carbonyl (C=O) groups excluding carboxylic acids is 2. The predicted octanol–water partition coefficient (Wildman–Crippen LogP) is 3.60. The van der Waals surface area contributed by atoms with Crippen LogP contribution in [0.4, 0.5) is 10.5 Å². The molecule has 2 aromatic rings. The minimum absolute atomic E-state index is 0.0995. The molecule has 0 aromatic heterocycles. The van der Waals surface area contributed by atoms with Gasteiger partial charge in [-0.3, -0.25) is 4.79 Å². The van der Waals surface area contributed by atoms with Crippen molar-refractivity contribution in [2.75, 3.05) is 37.3 Å². The molecule has 0 radical (unpaired) electrons. The standard InChI is InChI=1S/C22H26N4O3S/c27-21(23-13-16-30-20-9-5-2-6-10-20)17-29-25-19-11-14-26(15-12-19)22(28)24-18-7-3-1-4-8-18/h1-10H,11-17H2,(H,23,27)(H,24,28). The average molecular weight is 427 g/mol. The average Bonchev–Trinajstić information content (AvgIpc) is 2.78. The van der Waals surface area contributed by atoms with Gasteiger partial charge in [0.15, 0.2) is 6.61 Å². The third kappa shape index (κ3) is 7.44. The monoisotopic (exact) mass is 426 g/mol. The Morgan fingerprint density at radius 1 is 1.00 bits per heavy atom. The summed E-state index contributed by atoms with van der Waals surface area (Å²) in [5.74, 6) is 0.609. The number of thioether (sulfide) groups is 1. The van der Waals surface area contributed by atoms with Crippen LogP contribution < -0.4 is 10.6 Å². The van der Waals surface area contributed by atoms with E-state index in [9.17, 15) is 9.59 Å². The largest absolute Gasteiger partial charge is 0.386 e. The number of likely N-dealkylation sites (tertiary alicyclic amines) is 1. The van der Waals surface area contributed by atoms with Crippen molar-refractivity contribution in [3.05, 3.63) is 60.7 Å². The fraction of sp³-hybridized carbons (Fsp3) is 0.318. The van der Waals surface area contributed by atoms with E-state index in [2.05, 4.69) is 15.8 Å². The molecule has 2 N–H and O–H groups in total. The minimum Gasteiger partial charge on any atom is -0.386 e. The summed E-state index contributed by atoms with van der Waals surface area (Å²) in [6, 6.07) is 19.3. The number of piperidine rings is 1. The number of nitrogens with one attached hydrogen (secondary N) is 2. The van der Waals surface area contributed by atoms with Gasteiger partial charge in [0.2, 0.25) is 0 Å². The van der Waals surface area contributed by atoms with Crippen molar-refractivity contribution in [2.24, 2.45) is 5.16 Å². The Bertz CT molecular complexity index is 836. The maximum absolute atomic E-state index is 12.3. The van der Waals surface area contributed by atoms with Gasteiger partial charge in [0.25, 0.3) is 5.91 Å². The first-order chi connectivity index (χ1) is 14.7. The molecule has 8 heteroatoms. The summed E-state index contributed by atoms with van der Waals surface area (Å²) in [4.78, 5) is 32.2. The molecule has 3 amide bonds. The predicted molar refractivity (Wildman–Crippen MR) is 120 cm³/mol. The van der Waals surface area contributed by atoms with E-state index in [1.807, 2.05) is 60.7 Å². The van der Waals surface area contributed by atoms with Crippen LogP contribution in [0.2, 0.25) is 0 Å². The SMILES string of the molecule is O=C(CON=C1CCN(C(=O)Nc2ccccc2)CC1)NCCSc1ccccc1. The van der Waals surface area contributed by atoms with Crippen LogP contribution in [-0.4, -0.2) is 54.5 Å². The first kappa shape index (κ1) is 21.7. The lowest BCUT2D eigenvalue weighted by Crippen LogP contribution is -2.41. The maximum atomic E-state index is 12.3. The summed E-state index contributed by atoms with van der Waals surface area (Å²) < 4.78 is 0. The van der Waals surface area contributed by atoms with Gasteiger partial charge in [-0.25, -0.2) is 4.79 Å². The Labute approximate surface area is 180 Å². The number of benzene rings is 2. The Balaban J connectivity index is 1.28. The minimum atomic E-state index is -0.187. The van der Waals surface area contributed by atoms with Crippen LogP contribution >= 0.6 is 11.8 Å². The van der Waals surface area contributed by atoms with Gasteiger partial charge in [0.05, 0.1) is 5.71 Å². The molecule has 0 unspecified atom stereocenters. The number of rotatable bonds is 8. The molecule has 7 nitrogen and oxygen atoms in total. The summed E-state index contributed by atoms with van der Waals surface area (Å²) >= 11 is 1.69. The quantitative estimate of drug-likeness (QED) is 0.384. The van der Waals surface area contributed by atoms with Crippen LogP contribution in [0.5, 0.6) is 0 Å². The van der Waals surface area contributed by atoms with Crippen molar-refractivity contribution in [3.63, 3.8) is 0 Å². The Hall–Kier alpha value is -3.00. The van der Waals surface area contributed by atoms with Gasteiger partial charge in [-0.05, 0) is 24.3 Å². The van der Waals surface area contributed by atoms with E-state index in [1.165, 1.54) is 4.90 Å². The van der Waals surface area contributed by atoms with E-state index in [4.69, 9.17) is 4.84 Å². The first-order valence-electron chi connectivity index (χ1n) is 9.94. The number of nitrogens with zero attached hydrogens (tertiary/aromatic N) is 2. The highest BCUT2D eigenvalue weighted by Gasteiger charge is 2.20. The van der Waals surface area contributed by atoms with Crippen LogP contribution in [0, 0.1) is 0 Å². The number of hydrogen-bond acceptors (Lipinski definition) is 5. The summed E-state index contributed by atoms with van der Waals surface area (Å²) in [6.45, 7) is 1.62. The number of amides is 3. The van der Waals surface area contributed by atoms with Gasteiger partial charge in [0, 0.05) is 48.8 Å². The van der Waals surface area contributed by atoms with E-state index in [0.717, 1.165) is 17.2 Å². The lowest BCUT2D eigenvalue weighted by Gasteiger charge is -2.27. The topological polar surface area (TPSA) is 83.0 Å². The van der Waals surface area contributed by atoms with Gasteiger partial charge in [-0.1, -0.05) is 41.6 Å².